The predicted molar refractivity (Wildman–Crippen MR) is 192 cm³/mol. The van der Waals surface area contributed by atoms with Crippen LogP contribution in [0.5, 0.6) is 5.75 Å². The van der Waals surface area contributed by atoms with Crippen LogP contribution in [0.1, 0.15) is 50.7 Å². The summed E-state index contributed by atoms with van der Waals surface area (Å²) >= 11 is 0. The van der Waals surface area contributed by atoms with Crippen molar-refractivity contribution in [2.24, 2.45) is 0 Å². The molecule has 8 aromatic rings. The Kier molecular flexibility index (Phi) is 6.91. The molecule has 5 nitrogen and oxygen atoms in total. The summed E-state index contributed by atoms with van der Waals surface area (Å²) in [6, 6.07) is 38.8. The summed E-state index contributed by atoms with van der Waals surface area (Å²) in [7, 11) is 0. The summed E-state index contributed by atoms with van der Waals surface area (Å²) in [4.78, 5) is 10.7. The van der Waals surface area contributed by atoms with Crippen LogP contribution in [0.3, 0.4) is 0 Å². The number of phenolic OH excluding ortho intramolecular Hbond substituents is 1. The van der Waals surface area contributed by atoms with Gasteiger partial charge in [-0.3, -0.25) is 4.57 Å². The van der Waals surface area contributed by atoms with Gasteiger partial charge in [0.05, 0.1) is 22.6 Å². The van der Waals surface area contributed by atoms with Crippen LogP contribution >= 0.6 is 0 Å². The molecule has 3 aromatic heterocycles. The molecule has 0 aliphatic rings. The van der Waals surface area contributed by atoms with Crippen LogP contribution in [0.15, 0.2) is 126 Å². The Labute approximate surface area is 273 Å². The summed E-state index contributed by atoms with van der Waals surface area (Å²) in [5.74, 6) is 1.29. The number of hydrogen-bond acceptors (Lipinski definition) is 4. The lowest BCUT2D eigenvalue weighted by atomic mass is 9.92. The first-order valence-corrected chi connectivity index (χ1v) is 16.2. The third-order valence-corrected chi connectivity index (χ3v) is 9.09. The SMILES string of the molecule is CC(C)c1cccc(C(C)C)c1-n1cc(-c2nc(-c3ccccc3)cc3ccccc23)nc1-c1c(O)ccc2oc3ccccc3c12. The van der Waals surface area contributed by atoms with E-state index < -0.39 is 0 Å². The summed E-state index contributed by atoms with van der Waals surface area (Å²) in [5.41, 5.74) is 9.04. The number of pyridine rings is 1. The topological polar surface area (TPSA) is 64.1 Å². The summed E-state index contributed by atoms with van der Waals surface area (Å²) in [6.07, 6.45) is 2.10. The molecule has 0 unspecified atom stereocenters. The molecular formula is C42H35N3O2. The molecule has 1 N–H and O–H groups in total. The first-order chi connectivity index (χ1) is 22.9. The first-order valence-electron chi connectivity index (χ1n) is 16.2. The maximum Gasteiger partial charge on any atom is 0.149 e. The minimum absolute atomic E-state index is 0.145. The molecule has 47 heavy (non-hydrogen) atoms. The van der Waals surface area contributed by atoms with E-state index >= 15 is 0 Å². The standard InChI is InChI=1S/C42H35N3O2/c1-25(2)29-18-12-19-30(26(3)4)41(29)45-24-34(40-31-16-9-8-15-28(31)23-33(43-40)27-13-6-5-7-14-27)44-42(45)39-35(46)21-22-37-38(39)32-17-10-11-20-36(32)47-37/h5-26,46H,1-4H3. The van der Waals surface area contributed by atoms with Gasteiger partial charge in [0.15, 0.2) is 0 Å². The number of para-hydroxylation sites is 2. The van der Waals surface area contributed by atoms with E-state index in [1.165, 1.54) is 11.1 Å². The molecule has 0 spiro atoms. The molecule has 0 fully saturated rings. The van der Waals surface area contributed by atoms with Crippen LogP contribution in [0.4, 0.5) is 0 Å². The fourth-order valence-electron chi connectivity index (χ4n) is 6.81. The second-order valence-electron chi connectivity index (χ2n) is 12.8. The van der Waals surface area contributed by atoms with E-state index in [2.05, 4.69) is 93.1 Å². The average Bonchev–Trinajstić information content (AvgIpc) is 3.70. The molecule has 5 aromatic carbocycles. The van der Waals surface area contributed by atoms with Gasteiger partial charge in [-0.05, 0) is 52.6 Å². The number of hydrogen-bond donors (Lipinski definition) is 1. The molecule has 5 heteroatoms. The Morgan fingerprint density at radius 1 is 0.638 bits per heavy atom. The Morgan fingerprint density at radius 2 is 1.32 bits per heavy atom. The highest BCUT2D eigenvalue weighted by Gasteiger charge is 2.26. The van der Waals surface area contributed by atoms with Crippen LogP contribution < -0.4 is 0 Å². The second-order valence-corrected chi connectivity index (χ2v) is 12.8. The predicted octanol–water partition coefficient (Wildman–Crippen LogP) is 11.3. The van der Waals surface area contributed by atoms with Crippen molar-refractivity contribution in [1.82, 2.24) is 14.5 Å². The number of benzene rings is 5. The van der Waals surface area contributed by atoms with Crippen molar-refractivity contribution in [1.29, 1.82) is 0 Å². The number of aromatic hydroxyl groups is 1. The number of fused-ring (bicyclic) bond motifs is 4. The highest BCUT2D eigenvalue weighted by molar-refractivity contribution is 6.13. The van der Waals surface area contributed by atoms with E-state index in [4.69, 9.17) is 14.4 Å². The van der Waals surface area contributed by atoms with Gasteiger partial charge in [-0.25, -0.2) is 9.97 Å². The van der Waals surface area contributed by atoms with Gasteiger partial charge in [-0.15, -0.1) is 0 Å². The number of phenols is 1. The van der Waals surface area contributed by atoms with Gasteiger partial charge in [0, 0.05) is 27.9 Å². The largest absolute Gasteiger partial charge is 0.507 e. The minimum atomic E-state index is 0.145. The van der Waals surface area contributed by atoms with E-state index in [-0.39, 0.29) is 17.6 Å². The van der Waals surface area contributed by atoms with Crippen LogP contribution in [0.2, 0.25) is 0 Å². The van der Waals surface area contributed by atoms with Gasteiger partial charge in [-0.2, -0.15) is 0 Å². The molecule has 230 valence electrons. The van der Waals surface area contributed by atoms with E-state index in [0.717, 1.165) is 55.5 Å². The third-order valence-electron chi connectivity index (χ3n) is 9.09. The number of furan rings is 1. The van der Waals surface area contributed by atoms with Gasteiger partial charge in [0.25, 0.3) is 0 Å². The molecule has 0 aliphatic heterocycles. The normalized spacial score (nSPS) is 11.9. The van der Waals surface area contributed by atoms with Crippen LogP contribution in [0, 0.1) is 0 Å². The van der Waals surface area contributed by atoms with Gasteiger partial charge >= 0.3 is 0 Å². The summed E-state index contributed by atoms with van der Waals surface area (Å²) in [6.45, 7) is 8.89. The molecule has 0 atom stereocenters. The van der Waals surface area contributed by atoms with Gasteiger partial charge < -0.3 is 9.52 Å². The fraction of sp³-hybridized carbons (Fsp3) is 0.143. The van der Waals surface area contributed by atoms with Crippen molar-refractivity contribution in [3.05, 3.63) is 133 Å². The summed E-state index contributed by atoms with van der Waals surface area (Å²) < 4.78 is 8.47. The van der Waals surface area contributed by atoms with Crippen molar-refractivity contribution in [2.75, 3.05) is 0 Å². The number of aromatic nitrogens is 3. The summed E-state index contributed by atoms with van der Waals surface area (Å²) in [5, 5.41) is 15.6. The molecule has 3 heterocycles. The van der Waals surface area contributed by atoms with E-state index in [1.54, 1.807) is 6.07 Å². The third kappa shape index (κ3) is 4.78. The fourth-order valence-corrected chi connectivity index (χ4v) is 6.81. The zero-order chi connectivity index (χ0) is 32.2. The molecule has 0 saturated carbocycles. The van der Waals surface area contributed by atoms with Crippen LogP contribution in [-0.4, -0.2) is 19.6 Å². The Balaban J connectivity index is 1.51. The van der Waals surface area contributed by atoms with Crippen molar-refractivity contribution in [3.63, 3.8) is 0 Å². The van der Waals surface area contributed by atoms with Crippen molar-refractivity contribution < 1.29 is 9.52 Å². The quantitative estimate of drug-likeness (QED) is 0.203. The molecule has 0 aliphatic carbocycles. The van der Waals surface area contributed by atoms with Crippen LogP contribution in [0.25, 0.3) is 72.4 Å². The van der Waals surface area contributed by atoms with Gasteiger partial charge in [0.2, 0.25) is 0 Å². The molecular weight excluding hydrogens is 578 g/mol. The maximum atomic E-state index is 11.7. The lowest BCUT2D eigenvalue weighted by molar-refractivity contribution is 0.477. The lowest BCUT2D eigenvalue weighted by Gasteiger charge is -2.22. The number of nitrogens with zero attached hydrogens (tertiary/aromatic N) is 3. The lowest BCUT2D eigenvalue weighted by Crippen LogP contribution is -2.08. The van der Waals surface area contributed by atoms with Crippen molar-refractivity contribution >= 4 is 32.7 Å². The van der Waals surface area contributed by atoms with E-state index in [1.807, 2.05) is 54.6 Å². The molecule has 0 saturated heterocycles. The zero-order valence-corrected chi connectivity index (χ0v) is 26.9. The van der Waals surface area contributed by atoms with Gasteiger partial charge in [-0.1, -0.05) is 119 Å². The average molecular weight is 614 g/mol. The van der Waals surface area contributed by atoms with E-state index in [9.17, 15) is 5.11 Å². The maximum absolute atomic E-state index is 11.7. The van der Waals surface area contributed by atoms with Crippen LogP contribution in [-0.2, 0) is 0 Å². The highest BCUT2D eigenvalue weighted by atomic mass is 16.3. The Bertz CT molecular complexity index is 2410. The number of imidazole rings is 1. The minimum Gasteiger partial charge on any atom is -0.507 e. The molecule has 0 bridgehead atoms. The zero-order valence-electron chi connectivity index (χ0n) is 26.9. The second kappa shape index (κ2) is 11.3. The van der Waals surface area contributed by atoms with Crippen molar-refractivity contribution in [2.45, 2.75) is 39.5 Å². The van der Waals surface area contributed by atoms with Crippen molar-refractivity contribution in [3.8, 4) is 45.5 Å². The molecule has 8 rings (SSSR count). The molecule has 0 radical (unpaired) electrons. The Morgan fingerprint density at radius 3 is 2.06 bits per heavy atom. The smallest absolute Gasteiger partial charge is 0.149 e. The first kappa shape index (κ1) is 28.8. The molecule has 0 amide bonds. The highest BCUT2D eigenvalue weighted by Crippen LogP contribution is 2.45. The van der Waals surface area contributed by atoms with Gasteiger partial charge in [0.1, 0.15) is 28.4 Å². The Hall–Kier alpha value is -5.68. The number of rotatable bonds is 6. The monoisotopic (exact) mass is 613 g/mol. The van der Waals surface area contributed by atoms with E-state index in [0.29, 0.717) is 17.0 Å².